The van der Waals surface area contributed by atoms with Crippen LogP contribution in [0.3, 0.4) is 0 Å². The fourth-order valence-corrected chi connectivity index (χ4v) is 5.58. The van der Waals surface area contributed by atoms with Gasteiger partial charge in [-0.15, -0.1) is 0 Å². The molecule has 1 aromatic carbocycles. The number of nitrogens with zero attached hydrogens (tertiary/aromatic N) is 2. The van der Waals surface area contributed by atoms with Crippen molar-refractivity contribution < 1.29 is 31.9 Å². The molecule has 176 valence electrons. The zero-order chi connectivity index (χ0) is 23.4. The summed E-state index contributed by atoms with van der Waals surface area (Å²) in [6, 6.07) is 4.58. The van der Waals surface area contributed by atoms with Crippen molar-refractivity contribution in [3.8, 4) is 0 Å². The molecule has 3 rings (SSSR count). The van der Waals surface area contributed by atoms with Gasteiger partial charge in [-0.25, -0.2) is 17.6 Å². The highest BCUT2D eigenvalue weighted by atomic mass is 32.2. The summed E-state index contributed by atoms with van der Waals surface area (Å²) in [5.41, 5.74) is -1.09. The molecular formula is C21H28FN3O6S. The molecule has 2 aliphatic rings. The second kappa shape index (κ2) is 9.95. The third kappa shape index (κ3) is 5.44. The summed E-state index contributed by atoms with van der Waals surface area (Å²) in [6.45, 7) is 1.32. The molecule has 1 heterocycles. The number of amides is 2. The van der Waals surface area contributed by atoms with Gasteiger partial charge in [0.2, 0.25) is 15.9 Å². The Hall–Kier alpha value is -2.53. The van der Waals surface area contributed by atoms with Gasteiger partial charge in [-0.3, -0.25) is 9.59 Å². The maximum Gasteiger partial charge on any atom is 0.332 e. The highest BCUT2D eigenvalue weighted by Gasteiger charge is 2.42. The normalized spacial score (nSPS) is 19.2. The van der Waals surface area contributed by atoms with E-state index in [1.807, 2.05) is 0 Å². The monoisotopic (exact) mass is 469 g/mol. The van der Waals surface area contributed by atoms with Gasteiger partial charge >= 0.3 is 5.97 Å². The molecule has 0 unspecified atom stereocenters. The van der Waals surface area contributed by atoms with E-state index in [-0.39, 0.29) is 37.0 Å². The first-order chi connectivity index (χ1) is 15.1. The first-order valence-corrected chi connectivity index (χ1v) is 12.1. The van der Waals surface area contributed by atoms with Crippen LogP contribution in [0.25, 0.3) is 0 Å². The van der Waals surface area contributed by atoms with Crippen LogP contribution < -0.4 is 5.32 Å². The number of carbonyl (C=O) groups excluding carboxylic acids is 3. The number of piperazine rings is 1. The molecular weight excluding hydrogens is 441 g/mol. The lowest BCUT2D eigenvalue weighted by Gasteiger charge is -2.36. The molecule has 32 heavy (non-hydrogen) atoms. The third-order valence-electron chi connectivity index (χ3n) is 5.88. The van der Waals surface area contributed by atoms with Crippen molar-refractivity contribution in [1.82, 2.24) is 14.5 Å². The molecule has 2 fully saturated rings. The topological polar surface area (TPSA) is 113 Å². The molecule has 1 aliphatic carbocycles. The number of rotatable bonds is 6. The second-order valence-corrected chi connectivity index (χ2v) is 10.1. The van der Waals surface area contributed by atoms with Crippen molar-refractivity contribution in [2.75, 3.05) is 32.8 Å². The Morgan fingerprint density at radius 2 is 1.62 bits per heavy atom. The summed E-state index contributed by atoms with van der Waals surface area (Å²) >= 11 is 0. The summed E-state index contributed by atoms with van der Waals surface area (Å²) < 4.78 is 45.0. The zero-order valence-electron chi connectivity index (χ0n) is 18.0. The summed E-state index contributed by atoms with van der Waals surface area (Å²) in [4.78, 5) is 38.2. The van der Waals surface area contributed by atoms with Crippen LogP contribution in [0.4, 0.5) is 4.39 Å². The van der Waals surface area contributed by atoms with E-state index in [2.05, 4.69) is 5.32 Å². The minimum atomic E-state index is -3.78. The lowest BCUT2D eigenvalue weighted by atomic mass is 9.81. The Kier molecular flexibility index (Phi) is 7.50. The van der Waals surface area contributed by atoms with Gasteiger partial charge in [0, 0.05) is 33.1 Å². The standard InChI is InChI=1S/C21H28FN3O6S/c1-16(26)23-21(9-3-2-4-10-21)20(28)31-15-19(27)24-11-13-25(14-12-24)32(29,30)18-7-5-17(22)6-8-18/h5-8H,2-4,9-15H2,1H3,(H,23,26). The molecule has 11 heteroatoms. The van der Waals surface area contributed by atoms with Crippen LogP contribution in [0.2, 0.25) is 0 Å². The van der Waals surface area contributed by atoms with E-state index in [4.69, 9.17) is 4.74 Å². The maximum atomic E-state index is 13.1. The first kappa shape index (κ1) is 24.1. The van der Waals surface area contributed by atoms with Crippen LogP contribution in [-0.2, 0) is 29.1 Å². The average Bonchev–Trinajstić information content (AvgIpc) is 2.77. The number of hydrogen-bond acceptors (Lipinski definition) is 6. The predicted octanol–water partition coefficient (Wildman–Crippen LogP) is 1.04. The molecule has 0 radical (unpaired) electrons. The van der Waals surface area contributed by atoms with E-state index in [9.17, 15) is 27.2 Å². The fourth-order valence-electron chi connectivity index (χ4n) is 4.16. The number of nitrogens with one attached hydrogen (secondary N) is 1. The van der Waals surface area contributed by atoms with Crippen LogP contribution in [0, 0.1) is 5.82 Å². The van der Waals surface area contributed by atoms with Gasteiger partial charge in [-0.2, -0.15) is 4.31 Å². The number of esters is 1. The van der Waals surface area contributed by atoms with E-state index < -0.39 is 39.9 Å². The average molecular weight is 470 g/mol. The van der Waals surface area contributed by atoms with Crippen molar-refractivity contribution in [3.05, 3.63) is 30.1 Å². The molecule has 0 atom stereocenters. The summed E-state index contributed by atoms with van der Waals surface area (Å²) in [7, 11) is -3.78. The summed E-state index contributed by atoms with van der Waals surface area (Å²) in [6.07, 6.45) is 3.49. The van der Waals surface area contributed by atoms with Crippen LogP contribution >= 0.6 is 0 Å². The number of benzene rings is 1. The Balaban J connectivity index is 1.53. The molecule has 1 aromatic rings. The van der Waals surface area contributed by atoms with E-state index in [1.54, 1.807) is 0 Å². The third-order valence-corrected chi connectivity index (χ3v) is 7.80. The highest BCUT2D eigenvalue weighted by molar-refractivity contribution is 7.89. The quantitative estimate of drug-likeness (QED) is 0.623. The SMILES string of the molecule is CC(=O)NC1(C(=O)OCC(=O)N2CCN(S(=O)(=O)c3ccc(F)cc3)CC2)CCCCC1. The van der Waals surface area contributed by atoms with Gasteiger partial charge in [0.1, 0.15) is 11.4 Å². The number of carbonyl (C=O) groups is 3. The van der Waals surface area contributed by atoms with Gasteiger partial charge in [-0.1, -0.05) is 19.3 Å². The molecule has 1 aliphatic heterocycles. The van der Waals surface area contributed by atoms with Crippen LogP contribution in [0.5, 0.6) is 0 Å². The first-order valence-electron chi connectivity index (χ1n) is 10.6. The van der Waals surface area contributed by atoms with Gasteiger partial charge in [0.05, 0.1) is 4.90 Å². The van der Waals surface area contributed by atoms with E-state index in [0.717, 1.165) is 31.4 Å². The second-order valence-electron chi connectivity index (χ2n) is 8.14. The molecule has 0 bridgehead atoms. The number of halogens is 1. The van der Waals surface area contributed by atoms with Gasteiger partial charge in [-0.05, 0) is 37.1 Å². The zero-order valence-corrected chi connectivity index (χ0v) is 18.8. The smallest absolute Gasteiger partial charge is 0.332 e. The van der Waals surface area contributed by atoms with E-state index >= 15 is 0 Å². The highest BCUT2D eigenvalue weighted by Crippen LogP contribution is 2.29. The van der Waals surface area contributed by atoms with Crippen molar-refractivity contribution in [1.29, 1.82) is 0 Å². The van der Waals surface area contributed by atoms with Crippen molar-refractivity contribution in [3.63, 3.8) is 0 Å². The Bertz CT molecular complexity index is 952. The molecule has 1 N–H and O–H groups in total. The Labute approximate surface area is 186 Å². The predicted molar refractivity (Wildman–Crippen MR) is 112 cm³/mol. The van der Waals surface area contributed by atoms with Gasteiger partial charge < -0.3 is 15.0 Å². The van der Waals surface area contributed by atoms with Crippen molar-refractivity contribution >= 4 is 27.8 Å². The van der Waals surface area contributed by atoms with Gasteiger partial charge in [0.15, 0.2) is 6.61 Å². The van der Waals surface area contributed by atoms with Crippen LogP contribution in [0.15, 0.2) is 29.2 Å². The molecule has 1 saturated carbocycles. The van der Waals surface area contributed by atoms with Crippen molar-refractivity contribution in [2.45, 2.75) is 49.5 Å². The Morgan fingerprint density at radius 3 is 2.19 bits per heavy atom. The maximum absolute atomic E-state index is 13.1. The molecule has 0 spiro atoms. The lowest BCUT2D eigenvalue weighted by Crippen LogP contribution is -2.56. The lowest BCUT2D eigenvalue weighted by molar-refractivity contribution is -0.160. The van der Waals surface area contributed by atoms with Crippen LogP contribution in [-0.4, -0.2) is 73.7 Å². The number of hydrogen-bond donors (Lipinski definition) is 1. The summed E-state index contributed by atoms with van der Waals surface area (Å²) in [5.74, 6) is -1.89. The van der Waals surface area contributed by atoms with Crippen molar-refractivity contribution in [2.24, 2.45) is 0 Å². The Morgan fingerprint density at radius 1 is 1.03 bits per heavy atom. The molecule has 1 saturated heterocycles. The van der Waals surface area contributed by atoms with Gasteiger partial charge in [0.25, 0.3) is 5.91 Å². The van der Waals surface area contributed by atoms with Crippen LogP contribution in [0.1, 0.15) is 39.0 Å². The fraction of sp³-hybridized carbons (Fsp3) is 0.571. The molecule has 2 amide bonds. The van der Waals surface area contributed by atoms with E-state index in [0.29, 0.717) is 12.8 Å². The molecule has 9 nitrogen and oxygen atoms in total. The number of sulfonamides is 1. The van der Waals surface area contributed by atoms with E-state index in [1.165, 1.54) is 28.3 Å². The molecule has 0 aromatic heterocycles. The minimum absolute atomic E-state index is 0.0108. The minimum Gasteiger partial charge on any atom is -0.454 e. The number of ether oxygens (including phenoxy) is 1. The largest absolute Gasteiger partial charge is 0.454 e. The summed E-state index contributed by atoms with van der Waals surface area (Å²) in [5, 5.41) is 2.70.